The van der Waals surface area contributed by atoms with Crippen LogP contribution in [0.5, 0.6) is 5.75 Å². The van der Waals surface area contributed by atoms with E-state index in [1.165, 1.54) is 11.4 Å². The highest BCUT2D eigenvalue weighted by atomic mass is 35.5. The molecule has 0 atom stereocenters. The van der Waals surface area contributed by atoms with Gasteiger partial charge in [0.25, 0.3) is 5.91 Å². The molecule has 30 heavy (non-hydrogen) atoms. The summed E-state index contributed by atoms with van der Waals surface area (Å²) in [5.41, 5.74) is 0.410. The molecule has 1 saturated heterocycles. The van der Waals surface area contributed by atoms with Crippen molar-refractivity contribution in [2.45, 2.75) is 4.90 Å². The smallest absolute Gasteiger partial charge is 0.257 e. The Morgan fingerprint density at radius 3 is 2.33 bits per heavy atom. The topological polar surface area (TPSA) is 66.9 Å². The first-order valence-corrected chi connectivity index (χ1v) is 11.3. The Kier molecular flexibility index (Phi) is 5.69. The number of hydrogen-bond acceptors (Lipinski definition) is 4. The van der Waals surface area contributed by atoms with Crippen LogP contribution in [0.4, 0.5) is 0 Å². The molecule has 6 nitrogen and oxygen atoms in total. The van der Waals surface area contributed by atoms with Gasteiger partial charge in [0, 0.05) is 31.2 Å². The van der Waals surface area contributed by atoms with Crippen molar-refractivity contribution in [1.82, 2.24) is 9.21 Å². The number of ether oxygens (including phenoxy) is 1. The van der Waals surface area contributed by atoms with Gasteiger partial charge in [0.1, 0.15) is 5.75 Å². The number of amides is 1. The summed E-state index contributed by atoms with van der Waals surface area (Å²) in [6.45, 7) is 1.07. The van der Waals surface area contributed by atoms with Gasteiger partial charge in [-0.15, -0.1) is 0 Å². The second kappa shape index (κ2) is 8.26. The van der Waals surface area contributed by atoms with Crippen molar-refractivity contribution in [3.63, 3.8) is 0 Å². The number of carbonyl (C=O) groups is 1. The second-order valence-corrected chi connectivity index (χ2v) is 9.42. The Morgan fingerprint density at radius 1 is 0.933 bits per heavy atom. The molecule has 0 bridgehead atoms. The van der Waals surface area contributed by atoms with Crippen LogP contribution in [-0.4, -0.2) is 56.8 Å². The molecule has 0 aliphatic carbocycles. The number of nitrogens with zero attached hydrogens (tertiary/aromatic N) is 2. The molecule has 0 spiro atoms. The van der Waals surface area contributed by atoms with E-state index in [4.69, 9.17) is 16.3 Å². The van der Waals surface area contributed by atoms with Crippen molar-refractivity contribution in [2.75, 3.05) is 33.3 Å². The lowest BCUT2D eigenvalue weighted by Gasteiger charge is -2.34. The molecule has 0 N–H and O–H groups in total. The standard InChI is InChI=1S/C22H21ClN2O4S/c1-29-21-15-18(23)7-9-20(21)22(26)24-10-12-25(13-11-24)30(27,28)19-8-6-16-4-2-3-5-17(16)14-19/h2-9,14-15H,10-13H2,1H3. The van der Waals surface area contributed by atoms with E-state index in [-0.39, 0.29) is 23.9 Å². The molecule has 0 saturated carbocycles. The summed E-state index contributed by atoms with van der Waals surface area (Å²) in [5.74, 6) is 0.199. The number of carbonyl (C=O) groups excluding carboxylic acids is 1. The van der Waals surface area contributed by atoms with Crippen molar-refractivity contribution >= 4 is 38.3 Å². The lowest BCUT2D eigenvalue weighted by Crippen LogP contribution is -2.50. The number of piperazine rings is 1. The minimum Gasteiger partial charge on any atom is -0.496 e. The van der Waals surface area contributed by atoms with Crippen LogP contribution in [0.25, 0.3) is 10.8 Å². The van der Waals surface area contributed by atoms with Crippen LogP contribution in [0.1, 0.15) is 10.4 Å². The number of benzene rings is 3. The zero-order valence-electron chi connectivity index (χ0n) is 16.4. The summed E-state index contributed by atoms with van der Waals surface area (Å²) >= 11 is 5.97. The average Bonchev–Trinajstić information content (AvgIpc) is 2.78. The van der Waals surface area contributed by atoms with Gasteiger partial charge in [-0.3, -0.25) is 4.79 Å². The van der Waals surface area contributed by atoms with Crippen LogP contribution < -0.4 is 4.74 Å². The largest absolute Gasteiger partial charge is 0.496 e. The molecule has 4 rings (SSSR count). The van der Waals surface area contributed by atoms with Gasteiger partial charge < -0.3 is 9.64 Å². The fourth-order valence-electron chi connectivity index (χ4n) is 3.62. The third kappa shape index (κ3) is 3.88. The molecule has 1 aliphatic rings. The highest BCUT2D eigenvalue weighted by molar-refractivity contribution is 7.89. The van der Waals surface area contributed by atoms with Gasteiger partial charge in [-0.25, -0.2) is 8.42 Å². The zero-order valence-corrected chi connectivity index (χ0v) is 18.0. The molecule has 8 heteroatoms. The summed E-state index contributed by atoms with van der Waals surface area (Å²) in [6, 6.07) is 17.6. The summed E-state index contributed by atoms with van der Waals surface area (Å²) in [4.78, 5) is 14.8. The van der Waals surface area contributed by atoms with Crippen LogP contribution in [0.15, 0.2) is 65.6 Å². The molecule has 3 aromatic rings. The van der Waals surface area contributed by atoms with Gasteiger partial charge in [-0.05, 0) is 41.1 Å². The molecule has 0 unspecified atom stereocenters. The van der Waals surface area contributed by atoms with Gasteiger partial charge in [-0.1, -0.05) is 41.9 Å². The van der Waals surface area contributed by atoms with Crippen LogP contribution in [0.2, 0.25) is 5.02 Å². The Bertz CT molecular complexity index is 1200. The number of halogens is 1. The maximum Gasteiger partial charge on any atom is 0.257 e. The molecule has 1 heterocycles. The van der Waals surface area contributed by atoms with Crippen molar-refractivity contribution in [3.8, 4) is 5.75 Å². The second-order valence-electron chi connectivity index (χ2n) is 7.05. The van der Waals surface area contributed by atoms with E-state index in [0.717, 1.165) is 10.8 Å². The number of rotatable bonds is 4. The maximum atomic E-state index is 13.1. The van der Waals surface area contributed by atoms with Gasteiger partial charge in [-0.2, -0.15) is 4.31 Å². The van der Waals surface area contributed by atoms with Gasteiger partial charge >= 0.3 is 0 Å². The molecule has 1 amide bonds. The first kappa shape index (κ1) is 20.7. The minimum absolute atomic E-state index is 0.203. The van der Waals surface area contributed by atoms with Crippen LogP contribution >= 0.6 is 11.6 Å². The summed E-state index contributed by atoms with van der Waals surface area (Å²) in [6.07, 6.45) is 0. The lowest BCUT2D eigenvalue weighted by molar-refractivity contribution is 0.0694. The van der Waals surface area contributed by atoms with Crippen LogP contribution in [0.3, 0.4) is 0 Å². The first-order valence-electron chi connectivity index (χ1n) is 9.52. The number of methoxy groups -OCH3 is 1. The van der Waals surface area contributed by atoms with Crippen LogP contribution in [0, 0.1) is 0 Å². The number of hydrogen-bond donors (Lipinski definition) is 0. The summed E-state index contributed by atoms with van der Waals surface area (Å²) in [5, 5.41) is 2.35. The SMILES string of the molecule is COc1cc(Cl)ccc1C(=O)N1CCN(S(=O)(=O)c2ccc3ccccc3c2)CC1. The van der Waals surface area contributed by atoms with E-state index >= 15 is 0 Å². The van der Waals surface area contributed by atoms with Gasteiger partial charge in [0.05, 0.1) is 17.6 Å². The molecule has 1 fully saturated rings. The van der Waals surface area contributed by atoms with E-state index < -0.39 is 10.0 Å². The third-order valence-corrected chi connectivity index (χ3v) is 7.41. The highest BCUT2D eigenvalue weighted by Gasteiger charge is 2.31. The molecule has 0 radical (unpaired) electrons. The zero-order chi connectivity index (χ0) is 21.3. The predicted molar refractivity (Wildman–Crippen MR) is 117 cm³/mol. The van der Waals surface area contributed by atoms with E-state index in [2.05, 4.69) is 0 Å². The summed E-state index contributed by atoms with van der Waals surface area (Å²) in [7, 11) is -2.15. The summed E-state index contributed by atoms with van der Waals surface area (Å²) < 4.78 is 32.9. The number of fused-ring (bicyclic) bond motifs is 1. The molecular weight excluding hydrogens is 424 g/mol. The van der Waals surface area contributed by atoms with Crippen LogP contribution in [-0.2, 0) is 10.0 Å². The van der Waals surface area contributed by atoms with E-state index in [1.54, 1.807) is 35.2 Å². The first-order chi connectivity index (χ1) is 14.4. The Labute approximate surface area is 180 Å². The molecule has 0 aromatic heterocycles. The quantitative estimate of drug-likeness (QED) is 0.616. The van der Waals surface area contributed by atoms with Crippen molar-refractivity contribution in [3.05, 3.63) is 71.2 Å². The van der Waals surface area contributed by atoms with Crippen molar-refractivity contribution < 1.29 is 17.9 Å². The Hall–Kier alpha value is -2.61. The minimum atomic E-state index is -3.63. The fourth-order valence-corrected chi connectivity index (χ4v) is 5.24. The fraction of sp³-hybridized carbons (Fsp3) is 0.227. The normalized spacial score (nSPS) is 15.3. The lowest BCUT2D eigenvalue weighted by atomic mass is 10.1. The van der Waals surface area contributed by atoms with Crippen molar-refractivity contribution in [2.24, 2.45) is 0 Å². The highest BCUT2D eigenvalue weighted by Crippen LogP contribution is 2.26. The maximum absolute atomic E-state index is 13.1. The van der Waals surface area contributed by atoms with E-state index in [9.17, 15) is 13.2 Å². The molecule has 3 aromatic carbocycles. The van der Waals surface area contributed by atoms with Crippen molar-refractivity contribution in [1.29, 1.82) is 0 Å². The number of sulfonamides is 1. The Morgan fingerprint density at radius 2 is 1.63 bits per heavy atom. The third-order valence-electron chi connectivity index (χ3n) is 5.28. The van der Waals surface area contributed by atoms with E-state index in [0.29, 0.717) is 29.4 Å². The molecule has 156 valence electrons. The van der Waals surface area contributed by atoms with Gasteiger partial charge in [0.15, 0.2) is 0 Å². The van der Waals surface area contributed by atoms with E-state index in [1.807, 2.05) is 30.3 Å². The molecule has 1 aliphatic heterocycles. The predicted octanol–water partition coefficient (Wildman–Crippen LogP) is 3.65. The molecular formula is C22H21ClN2O4S. The monoisotopic (exact) mass is 444 g/mol. The average molecular weight is 445 g/mol. The van der Waals surface area contributed by atoms with Gasteiger partial charge in [0.2, 0.25) is 10.0 Å². The Balaban J connectivity index is 1.50.